The number of anilines is 1. The van der Waals surface area contributed by atoms with Crippen LogP contribution in [0.1, 0.15) is 0 Å². The quantitative estimate of drug-likeness (QED) is 0.904. The monoisotopic (exact) mass is 304 g/mol. The van der Waals surface area contributed by atoms with Crippen LogP contribution in [0.25, 0.3) is 0 Å². The van der Waals surface area contributed by atoms with Crippen LogP contribution in [0.4, 0.5) is 18.9 Å². The molecule has 5 nitrogen and oxygen atoms in total. The summed E-state index contributed by atoms with van der Waals surface area (Å²) < 4.78 is 64.8. The minimum atomic E-state index is -4.31. The minimum Gasteiger partial charge on any atom is -0.328 e. The maximum atomic E-state index is 13.4. The van der Waals surface area contributed by atoms with Gasteiger partial charge in [-0.3, -0.25) is 9.52 Å². The van der Waals surface area contributed by atoms with Crippen LogP contribution in [0, 0.1) is 17.5 Å². The van der Waals surface area contributed by atoms with Gasteiger partial charge in [-0.1, -0.05) is 0 Å². The second kappa shape index (κ2) is 5.00. The van der Waals surface area contributed by atoms with Gasteiger partial charge in [-0.05, 0) is 6.07 Å². The van der Waals surface area contributed by atoms with Crippen LogP contribution >= 0.6 is 0 Å². The summed E-state index contributed by atoms with van der Waals surface area (Å²) in [5.74, 6) is -3.96. The lowest BCUT2D eigenvalue weighted by Crippen LogP contribution is -2.17. The Morgan fingerprint density at radius 1 is 1.05 bits per heavy atom. The number of sulfonamides is 1. The molecule has 0 saturated heterocycles. The van der Waals surface area contributed by atoms with E-state index in [2.05, 4.69) is 4.98 Å². The van der Waals surface area contributed by atoms with Crippen molar-refractivity contribution in [3.05, 3.63) is 58.3 Å². The Morgan fingerprint density at radius 3 is 2.15 bits per heavy atom. The molecule has 0 aliphatic heterocycles. The van der Waals surface area contributed by atoms with Crippen molar-refractivity contribution in [2.24, 2.45) is 0 Å². The Hall–Kier alpha value is -2.29. The summed E-state index contributed by atoms with van der Waals surface area (Å²) in [7, 11) is -4.31. The second-order valence-corrected chi connectivity index (χ2v) is 5.42. The molecular formula is C11H7F3N2O3S. The number of pyridine rings is 1. The molecule has 1 aromatic heterocycles. The molecule has 0 aliphatic carbocycles. The molecule has 0 radical (unpaired) electrons. The predicted octanol–water partition coefficient (Wildman–Crippen LogP) is 1.59. The Balaban J connectivity index is 2.43. The van der Waals surface area contributed by atoms with E-state index < -0.39 is 43.6 Å². The van der Waals surface area contributed by atoms with E-state index >= 15 is 0 Å². The lowest BCUT2D eigenvalue weighted by atomic mass is 10.3. The van der Waals surface area contributed by atoms with Gasteiger partial charge in [0.25, 0.3) is 10.0 Å². The molecule has 0 unspecified atom stereocenters. The number of aromatic amines is 1. The predicted molar refractivity (Wildman–Crippen MR) is 64.2 cm³/mol. The van der Waals surface area contributed by atoms with Crippen molar-refractivity contribution in [3.8, 4) is 0 Å². The van der Waals surface area contributed by atoms with Crippen molar-refractivity contribution >= 4 is 15.7 Å². The average Bonchev–Trinajstić information content (AvgIpc) is 2.34. The Bertz CT molecular complexity index is 774. The summed E-state index contributed by atoms with van der Waals surface area (Å²) in [6.07, 6.45) is 0.865. The van der Waals surface area contributed by atoms with Gasteiger partial charge in [0.2, 0.25) is 5.56 Å². The molecule has 0 aliphatic rings. The maximum absolute atomic E-state index is 13.4. The van der Waals surface area contributed by atoms with Gasteiger partial charge in [0.05, 0.1) is 0 Å². The Labute approximate surface area is 111 Å². The van der Waals surface area contributed by atoms with E-state index in [1.54, 1.807) is 4.72 Å². The SMILES string of the molecule is O=c1ccc(S(=O)(=O)Nc2c(F)cc(F)cc2F)c[nH]1. The zero-order valence-corrected chi connectivity index (χ0v) is 10.5. The molecule has 0 bridgehead atoms. The molecule has 20 heavy (non-hydrogen) atoms. The standard InChI is InChI=1S/C11H7F3N2O3S/c12-6-3-8(13)11(9(14)4-6)16-20(18,19)7-1-2-10(17)15-5-7/h1-5,16H,(H,15,17). The molecule has 2 rings (SSSR count). The first kappa shape index (κ1) is 14.1. The van der Waals surface area contributed by atoms with Gasteiger partial charge in [-0.2, -0.15) is 0 Å². The fourth-order valence-corrected chi connectivity index (χ4v) is 2.44. The van der Waals surface area contributed by atoms with E-state index in [1.807, 2.05) is 0 Å². The van der Waals surface area contributed by atoms with Gasteiger partial charge < -0.3 is 4.98 Å². The highest BCUT2D eigenvalue weighted by Gasteiger charge is 2.20. The molecular weight excluding hydrogens is 297 g/mol. The maximum Gasteiger partial charge on any atom is 0.263 e. The lowest BCUT2D eigenvalue weighted by molar-refractivity contribution is 0.547. The van der Waals surface area contributed by atoms with E-state index in [0.29, 0.717) is 12.1 Å². The zero-order valence-electron chi connectivity index (χ0n) is 9.65. The molecule has 0 fully saturated rings. The molecule has 2 aromatic rings. The smallest absolute Gasteiger partial charge is 0.263 e. The summed E-state index contributed by atoms with van der Waals surface area (Å²) in [6.45, 7) is 0. The third-order valence-electron chi connectivity index (χ3n) is 2.31. The molecule has 1 heterocycles. The summed E-state index contributed by atoms with van der Waals surface area (Å²) in [6, 6.07) is 2.58. The topological polar surface area (TPSA) is 79.0 Å². The molecule has 2 N–H and O–H groups in total. The fraction of sp³-hybridized carbons (Fsp3) is 0. The highest BCUT2D eigenvalue weighted by Crippen LogP contribution is 2.23. The normalized spacial score (nSPS) is 11.3. The van der Waals surface area contributed by atoms with Crippen LogP contribution in [0.2, 0.25) is 0 Å². The van der Waals surface area contributed by atoms with E-state index in [-0.39, 0.29) is 0 Å². The number of hydrogen-bond acceptors (Lipinski definition) is 3. The van der Waals surface area contributed by atoms with Crippen molar-refractivity contribution in [3.63, 3.8) is 0 Å². The average molecular weight is 304 g/mol. The number of aromatic nitrogens is 1. The van der Waals surface area contributed by atoms with E-state index in [4.69, 9.17) is 0 Å². The first-order chi connectivity index (χ1) is 9.29. The molecule has 0 saturated carbocycles. The van der Waals surface area contributed by atoms with Gasteiger partial charge in [0, 0.05) is 24.4 Å². The highest BCUT2D eigenvalue weighted by atomic mass is 32.2. The van der Waals surface area contributed by atoms with Crippen LogP contribution < -0.4 is 10.3 Å². The Kier molecular flexibility index (Phi) is 3.53. The summed E-state index contributed by atoms with van der Waals surface area (Å²) in [5, 5.41) is 0. The number of rotatable bonds is 3. The molecule has 9 heteroatoms. The third kappa shape index (κ3) is 2.82. The fourth-order valence-electron chi connectivity index (χ4n) is 1.40. The van der Waals surface area contributed by atoms with Gasteiger partial charge in [0.15, 0.2) is 11.6 Å². The number of benzene rings is 1. The van der Waals surface area contributed by atoms with Crippen LogP contribution in [0.5, 0.6) is 0 Å². The van der Waals surface area contributed by atoms with Crippen LogP contribution in [-0.2, 0) is 10.0 Å². The van der Waals surface area contributed by atoms with Crippen molar-refractivity contribution in [1.82, 2.24) is 4.98 Å². The van der Waals surface area contributed by atoms with Crippen LogP contribution in [0.3, 0.4) is 0 Å². The Morgan fingerprint density at radius 2 is 1.65 bits per heavy atom. The van der Waals surface area contributed by atoms with E-state index in [1.165, 1.54) is 0 Å². The molecule has 106 valence electrons. The summed E-state index contributed by atoms with van der Waals surface area (Å²) in [4.78, 5) is 12.5. The number of halogens is 3. The van der Waals surface area contributed by atoms with Crippen molar-refractivity contribution in [2.75, 3.05) is 4.72 Å². The van der Waals surface area contributed by atoms with Crippen LogP contribution in [-0.4, -0.2) is 13.4 Å². The largest absolute Gasteiger partial charge is 0.328 e. The first-order valence-electron chi connectivity index (χ1n) is 5.16. The lowest BCUT2D eigenvalue weighted by Gasteiger charge is -2.09. The molecule has 1 aromatic carbocycles. The third-order valence-corrected chi connectivity index (χ3v) is 3.66. The van der Waals surface area contributed by atoms with Gasteiger partial charge in [-0.15, -0.1) is 0 Å². The molecule has 0 amide bonds. The van der Waals surface area contributed by atoms with Gasteiger partial charge >= 0.3 is 0 Å². The van der Waals surface area contributed by atoms with Crippen LogP contribution in [0.15, 0.2) is 40.2 Å². The first-order valence-corrected chi connectivity index (χ1v) is 6.64. The highest BCUT2D eigenvalue weighted by molar-refractivity contribution is 7.92. The van der Waals surface area contributed by atoms with E-state index in [9.17, 15) is 26.4 Å². The van der Waals surface area contributed by atoms with Crippen molar-refractivity contribution in [1.29, 1.82) is 0 Å². The molecule has 0 atom stereocenters. The summed E-state index contributed by atoms with van der Waals surface area (Å²) >= 11 is 0. The number of nitrogens with one attached hydrogen (secondary N) is 2. The summed E-state index contributed by atoms with van der Waals surface area (Å²) in [5.41, 5.74) is -1.54. The molecule has 0 spiro atoms. The number of H-pyrrole nitrogens is 1. The minimum absolute atomic E-state index is 0.341. The van der Waals surface area contributed by atoms with Gasteiger partial charge in [0.1, 0.15) is 16.4 Å². The zero-order chi connectivity index (χ0) is 14.9. The van der Waals surface area contributed by atoms with E-state index in [0.717, 1.165) is 18.3 Å². The van der Waals surface area contributed by atoms with Gasteiger partial charge in [-0.25, -0.2) is 21.6 Å². The second-order valence-electron chi connectivity index (χ2n) is 3.74. The van der Waals surface area contributed by atoms with Crippen molar-refractivity contribution in [2.45, 2.75) is 4.90 Å². The number of hydrogen-bond donors (Lipinski definition) is 2. The van der Waals surface area contributed by atoms with Crippen molar-refractivity contribution < 1.29 is 21.6 Å².